The summed E-state index contributed by atoms with van der Waals surface area (Å²) in [6, 6.07) is 7.36. The molecule has 0 unspecified atom stereocenters. The summed E-state index contributed by atoms with van der Waals surface area (Å²) in [6.45, 7) is 5.88. The average molecular weight is 352 g/mol. The second kappa shape index (κ2) is 5.96. The number of aryl methyl sites for hydroxylation is 3. The van der Waals surface area contributed by atoms with E-state index in [-0.39, 0.29) is 5.56 Å². The molecule has 0 spiro atoms. The van der Waals surface area contributed by atoms with Crippen LogP contribution in [0.15, 0.2) is 40.4 Å². The fourth-order valence-corrected chi connectivity index (χ4v) is 3.64. The Balaban J connectivity index is 1.67. The third-order valence-corrected chi connectivity index (χ3v) is 4.84. The number of thioether (sulfide) groups is 1. The van der Waals surface area contributed by atoms with E-state index >= 15 is 0 Å². The number of hydrogen-bond donors (Lipinski definition) is 0. The lowest BCUT2D eigenvalue weighted by Gasteiger charge is -2.06. The van der Waals surface area contributed by atoms with Crippen molar-refractivity contribution in [2.75, 3.05) is 0 Å². The number of fused-ring (bicyclic) bond motifs is 2. The Hall–Kier alpha value is -2.74. The molecule has 0 aromatic carbocycles. The van der Waals surface area contributed by atoms with E-state index in [0.29, 0.717) is 22.9 Å². The number of rotatable bonds is 3. The second-order valence-electron chi connectivity index (χ2n) is 5.97. The summed E-state index contributed by atoms with van der Waals surface area (Å²) >= 11 is 1.49. The molecule has 0 N–H and O–H groups in total. The van der Waals surface area contributed by atoms with Crippen LogP contribution in [-0.4, -0.2) is 29.0 Å². The number of nitrogens with zero attached hydrogens (tertiary/aromatic N) is 6. The van der Waals surface area contributed by atoms with E-state index in [2.05, 4.69) is 20.2 Å². The lowest BCUT2D eigenvalue weighted by molar-refractivity contribution is 0.884. The SMILES string of the molecule is Cc1ccc2nc(CSc3nnc4nc(C)cc(C)n34)cc(=O)n2c1. The standard InChI is InChI=1S/C17H16N6OS/c1-10-4-5-14-19-13(7-15(24)22(14)8-10)9-25-17-21-20-16-18-11(2)6-12(3)23(16)17/h4-8H,9H2,1-3H3. The molecule has 4 aromatic rings. The zero-order valence-corrected chi connectivity index (χ0v) is 14.9. The van der Waals surface area contributed by atoms with Gasteiger partial charge in [-0.2, -0.15) is 0 Å². The van der Waals surface area contributed by atoms with Crippen molar-refractivity contribution in [1.82, 2.24) is 29.0 Å². The molecule has 0 saturated heterocycles. The van der Waals surface area contributed by atoms with Gasteiger partial charge in [0.25, 0.3) is 11.3 Å². The van der Waals surface area contributed by atoms with E-state index in [9.17, 15) is 4.79 Å². The molecule has 4 heterocycles. The Morgan fingerprint density at radius 1 is 1.08 bits per heavy atom. The van der Waals surface area contributed by atoms with Gasteiger partial charge in [-0.15, -0.1) is 10.2 Å². The maximum Gasteiger partial charge on any atom is 0.258 e. The summed E-state index contributed by atoms with van der Waals surface area (Å²) in [5.41, 5.74) is 4.24. The van der Waals surface area contributed by atoms with Crippen LogP contribution in [0.25, 0.3) is 11.4 Å². The minimum atomic E-state index is -0.0797. The van der Waals surface area contributed by atoms with Gasteiger partial charge in [-0.25, -0.2) is 9.97 Å². The number of hydrogen-bond acceptors (Lipinski definition) is 6. The maximum atomic E-state index is 12.3. The highest BCUT2D eigenvalue weighted by Crippen LogP contribution is 2.21. The normalized spacial score (nSPS) is 11.5. The Bertz CT molecular complexity index is 1160. The summed E-state index contributed by atoms with van der Waals surface area (Å²) in [7, 11) is 0. The molecule has 0 atom stereocenters. The quantitative estimate of drug-likeness (QED) is 0.527. The highest BCUT2D eigenvalue weighted by atomic mass is 32.2. The first-order valence-electron chi connectivity index (χ1n) is 7.82. The summed E-state index contributed by atoms with van der Waals surface area (Å²) in [5, 5.41) is 9.08. The minimum absolute atomic E-state index is 0.0797. The van der Waals surface area contributed by atoms with E-state index in [1.54, 1.807) is 16.7 Å². The summed E-state index contributed by atoms with van der Waals surface area (Å²) < 4.78 is 3.47. The van der Waals surface area contributed by atoms with Gasteiger partial charge in [0.1, 0.15) is 5.65 Å². The van der Waals surface area contributed by atoms with Crippen molar-refractivity contribution in [3.05, 3.63) is 63.5 Å². The van der Waals surface area contributed by atoms with Gasteiger partial charge < -0.3 is 0 Å². The molecular formula is C17H16N6OS. The van der Waals surface area contributed by atoms with Crippen LogP contribution in [0, 0.1) is 20.8 Å². The average Bonchev–Trinajstić information content (AvgIpc) is 2.97. The van der Waals surface area contributed by atoms with Crippen LogP contribution < -0.4 is 5.56 Å². The van der Waals surface area contributed by atoms with Gasteiger partial charge in [-0.1, -0.05) is 17.8 Å². The number of pyridine rings is 1. The predicted octanol–water partition coefficient (Wildman–Crippen LogP) is 2.35. The van der Waals surface area contributed by atoms with Gasteiger partial charge in [0.15, 0.2) is 5.16 Å². The molecule has 0 bridgehead atoms. The van der Waals surface area contributed by atoms with Crippen LogP contribution in [-0.2, 0) is 5.75 Å². The van der Waals surface area contributed by atoms with Crippen LogP contribution in [0.1, 0.15) is 22.6 Å². The lowest BCUT2D eigenvalue weighted by atomic mass is 10.3. The highest BCUT2D eigenvalue weighted by molar-refractivity contribution is 7.98. The van der Waals surface area contributed by atoms with E-state index in [1.165, 1.54) is 11.8 Å². The summed E-state index contributed by atoms with van der Waals surface area (Å²) in [5.74, 6) is 1.12. The van der Waals surface area contributed by atoms with Crippen molar-refractivity contribution >= 4 is 23.2 Å². The molecule has 0 amide bonds. The molecule has 7 nitrogen and oxygen atoms in total. The monoisotopic (exact) mass is 352 g/mol. The predicted molar refractivity (Wildman–Crippen MR) is 96.0 cm³/mol. The van der Waals surface area contributed by atoms with E-state index in [4.69, 9.17) is 0 Å². The fraction of sp³-hybridized carbons (Fsp3) is 0.235. The molecule has 25 heavy (non-hydrogen) atoms. The number of aromatic nitrogens is 6. The molecule has 4 rings (SSSR count). The van der Waals surface area contributed by atoms with Crippen LogP contribution in [0.4, 0.5) is 0 Å². The molecule has 126 valence electrons. The van der Waals surface area contributed by atoms with Gasteiger partial charge in [-0.05, 0) is 38.5 Å². The molecule has 4 aromatic heterocycles. The van der Waals surface area contributed by atoms with Crippen molar-refractivity contribution in [3.8, 4) is 0 Å². The Morgan fingerprint density at radius 2 is 1.92 bits per heavy atom. The Labute approximate surface area is 147 Å². The third-order valence-electron chi connectivity index (χ3n) is 3.87. The smallest absolute Gasteiger partial charge is 0.258 e. The largest absolute Gasteiger partial charge is 0.269 e. The van der Waals surface area contributed by atoms with Gasteiger partial charge in [0.05, 0.1) is 5.69 Å². The maximum absolute atomic E-state index is 12.3. The molecule has 0 aliphatic heterocycles. The van der Waals surface area contributed by atoms with Gasteiger partial charge in [0, 0.05) is 29.4 Å². The van der Waals surface area contributed by atoms with Crippen molar-refractivity contribution in [2.24, 2.45) is 0 Å². The van der Waals surface area contributed by atoms with Crippen molar-refractivity contribution in [3.63, 3.8) is 0 Å². The molecule has 0 aliphatic rings. The van der Waals surface area contributed by atoms with Crippen LogP contribution >= 0.6 is 11.8 Å². The van der Waals surface area contributed by atoms with Crippen LogP contribution in [0.3, 0.4) is 0 Å². The lowest BCUT2D eigenvalue weighted by Crippen LogP contribution is -2.15. The zero-order chi connectivity index (χ0) is 17.6. The molecule has 0 fully saturated rings. The molecule has 8 heteroatoms. The second-order valence-corrected chi connectivity index (χ2v) is 6.91. The van der Waals surface area contributed by atoms with E-state index in [1.807, 2.05) is 43.4 Å². The van der Waals surface area contributed by atoms with E-state index in [0.717, 1.165) is 22.1 Å². The molecule has 0 aliphatic carbocycles. The summed E-state index contributed by atoms with van der Waals surface area (Å²) in [6.07, 6.45) is 1.80. The van der Waals surface area contributed by atoms with Gasteiger partial charge in [-0.3, -0.25) is 13.6 Å². The van der Waals surface area contributed by atoms with Gasteiger partial charge >= 0.3 is 0 Å². The Morgan fingerprint density at radius 3 is 2.76 bits per heavy atom. The highest BCUT2D eigenvalue weighted by Gasteiger charge is 2.11. The first-order valence-corrected chi connectivity index (χ1v) is 8.81. The summed E-state index contributed by atoms with van der Waals surface area (Å²) in [4.78, 5) is 21.2. The van der Waals surface area contributed by atoms with Crippen molar-refractivity contribution in [1.29, 1.82) is 0 Å². The molecule has 0 saturated carbocycles. The van der Waals surface area contributed by atoms with E-state index < -0.39 is 0 Å². The zero-order valence-electron chi connectivity index (χ0n) is 14.1. The Kier molecular flexibility index (Phi) is 3.76. The topological polar surface area (TPSA) is 77.4 Å². The van der Waals surface area contributed by atoms with Crippen molar-refractivity contribution < 1.29 is 0 Å². The van der Waals surface area contributed by atoms with Gasteiger partial charge in [0.2, 0.25) is 0 Å². The molecular weight excluding hydrogens is 336 g/mol. The van der Waals surface area contributed by atoms with Crippen LogP contribution in [0.2, 0.25) is 0 Å². The first-order chi connectivity index (χ1) is 12.0. The van der Waals surface area contributed by atoms with Crippen molar-refractivity contribution in [2.45, 2.75) is 31.7 Å². The fourth-order valence-electron chi connectivity index (χ4n) is 2.76. The van der Waals surface area contributed by atoms with Crippen LogP contribution in [0.5, 0.6) is 0 Å². The molecule has 0 radical (unpaired) electrons. The minimum Gasteiger partial charge on any atom is -0.269 e. The third kappa shape index (κ3) is 2.89. The first kappa shape index (κ1) is 15.8.